The van der Waals surface area contributed by atoms with Gasteiger partial charge in [-0.05, 0) is 25.2 Å². The zero-order valence-corrected chi connectivity index (χ0v) is 7.38. The number of allylic oxidation sites excluding steroid dienone is 4. The van der Waals surface area contributed by atoms with Gasteiger partial charge in [0.2, 0.25) is 0 Å². The van der Waals surface area contributed by atoms with Crippen molar-refractivity contribution in [3.63, 3.8) is 0 Å². The van der Waals surface area contributed by atoms with Crippen molar-refractivity contribution in [1.29, 1.82) is 5.26 Å². The van der Waals surface area contributed by atoms with E-state index in [2.05, 4.69) is 19.1 Å². The van der Waals surface area contributed by atoms with Crippen molar-refractivity contribution in [2.45, 2.75) is 26.2 Å². The van der Waals surface area contributed by atoms with E-state index in [4.69, 9.17) is 5.26 Å². The lowest BCUT2D eigenvalue weighted by molar-refractivity contribution is 0.354. The van der Waals surface area contributed by atoms with Gasteiger partial charge in [-0.3, -0.25) is 0 Å². The normalized spacial score (nSPS) is 35.3. The Morgan fingerprint density at radius 1 is 1.67 bits per heavy atom. The van der Waals surface area contributed by atoms with Crippen molar-refractivity contribution in [1.82, 2.24) is 0 Å². The predicted octanol–water partition coefficient (Wildman–Crippen LogP) is 2.81. The first-order chi connectivity index (χ1) is 5.85. The maximum Gasteiger partial charge on any atom is 0.0911 e. The smallest absolute Gasteiger partial charge is 0.0911 e. The zero-order valence-electron chi connectivity index (χ0n) is 7.38. The predicted molar refractivity (Wildman–Crippen MR) is 48.3 cm³/mol. The SMILES string of the molecule is CCC1=CC2/C(=C/C#N)CC2C1. The van der Waals surface area contributed by atoms with E-state index in [1.54, 1.807) is 11.6 Å². The monoisotopic (exact) mass is 159 g/mol. The quantitative estimate of drug-likeness (QED) is 0.426. The Morgan fingerprint density at radius 2 is 2.50 bits per heavy atom. The molecule has 0 radical (unpaired) electrons. The summed E-state index contributed by atoms with van der Waals surface area (Å²) in [5, 5.41) is 8.50. The van der Waals surface area contributed by atoms with Gasteiger partial charge in [0.15, 0.2) is 0 Å². The third-order valence-corrected chi connectivity index (χ3v) is 3.08. The Hall–Kier alpha value is -1.03. The minimum absolute atomic E-state index is 0.639. The zero-order chi connectivity index (χ0) is 8.55. The van der Waals surface area contributed by atoms with Crippen LogP contribution in [-0.4, -0.2) is 0 Å². The van der Waals surface area contributed by atoms with Crippen LogP contribution in [0, 0.1) is 23.2 Å². The number of nitriles is 1. The molecule has 1 saturated carbocycles. The van der Waals surface area contributed by atoms with Gasteiger partial charge in [-0.25, -0.2) is 0 Å². The number of rotatable bonds is 1. The first-order valence-electron chi connectivity index (χ1n) is 4.63. The number of hydrogen-bond donors (Lipinski definition) is 0. The van der Waals surface area contributed by atoms with Gasteiger partial charge >= 0.3 is 0 Å². The Morgan fingerprint density at radius 3 is 3.17 bits per heavy atom. The lowest BCUT2D eigenvalue weighted by atomic mass is 9.71. The molecule has 0 N–H and O–H groups in total. The van der Waals surface area contributed by atoms with Crippen LogP contribution in [0.5, 0.6) is 0 Å². The Balaban J connectivity index is 2.11. The second kappa shape index (κ2) is 2.79. The molecule has 2 unspecified atom stereocenters. The highest BCUT2D eigenvalue weighted by Gasteiger charge is 2.38. The summed E-state index contributed by atoms with van der Waals surface area (Å²) in [7, 11) is 0. The molecule has 2 aliphatic carbocycles. The summed E-state index contributed by atoms with van der Waals surface area (Å²) in [5.74, 6) is 1.49. The molecule has 0 saturated heterocycles. The molecule has 0 spiro atoms. The molecule has 1 nitrogen and oxygen atoms in total. The van der Waals surface area contributed by atoms with E-state index < -0.39 is 0 Å². The average Bonchev–Trinajstić information content (AvgIpc) is 2.39. The highest BCUT2D eigenvalue weighted by atomic mass is 14.4. The summed E-state index contributed by atoms with van der Waals surface area (Å²) < 4.78 is 0. The molecule has 0 aromatic carbocycles. The summed E-state index contributed by atoms with van der Waals surface area (Å²) in [6.07, 6.45) is 7.74. The molecule has 62 valence electrons. The fourth-order valence-corrected chi connectivity index (χ4v) is 2.31. The minimum atomic E-state index is 0.639. The molecule has 2 atom stereocenters. The third kappa shape index (κ3) is 0.992. The fourth-order valence-electron chi connectivity index (χ4n) is 2.31. The van der Waals surface area contributed by atoms with Gasteiger partial charge in [0.25, 0.3) is 0 Å². The lowest BCUT2D eigenvalue weighted by Gasteiger charge is -2.33. The first kappa shape index (κ1) is 7.61. The van der Waals surface area contributed by atoms with E-state index in [1.165, 1.54) is 18.4 Å². The van der Waals surface area contributed by atoms with Gasteiger partial charge in [-0.2, -0.15) is 5.26 Å². The standard InChI is InChI=1S/C11H13N/c1-2-8-5-10-7-9(3-4-12)11(10)6-8/h3,6,10-11H,2,5,7H2,1H3/b9-3+. The number of fused-ring (bicyclic) bond motifs is 1. The van der Waals surface area contributed by atoms with E-state index in [1.807, 2.05) is 0 Å². The van der Waals surface area contributed by atoms with Crippen LogP contribution in [0.3, 0.4) is 0 Å². The van der Waals surface area contributed by atoms with Crippen molar-refractivity contribution in [2.24, 2.45) is 11.8 Å². The van der Waals surface area contributed by atoms with Crippen molar-refractivity contribution in [2.75, 3.05) is 0 Å². The molecule has 0 aromatic heterocycles. The highest BCUT2D eigenvalue weighted by Crippen LogP contribution is 2.49. The topological polar surface area (TPSA) is 23.8 Å². The second-order valence-corrected chi connectivity index (χ2v) is 3.72. The van der Waals surface area contributed by atoms with E-state index in [9.17, 15) is 0 Å². The molecule has 1 heteroatoms. The van der Waals surface area contributed by atoms with E-state index in [0.29, 0.717) is 5.92 Å². The van der Waals surface area contributed by atoms with Crippen LogP contribution >= 0.6 is 0 Å². The summed E-state index contributed by atoms with van der Waals surface area (Å²) >= 11 is 0. The maximum absolute atomic E-state index is 8.50. The molecule has 12 heavy (non-hydrogen) atoms. The van der Waals surface area contributed by atoms with Gasteiger partial charge in [-0.1, -0.05) is 24.1 Å². The van der Waals surface area contributed by atoms with Gasteiger partial charge in [-0.15, -0.1) is 0 Å². The summed E-state index contributed by atoms with van der Waals surface area (Å²) in [4.78, 5) is 0. The summed E-state index contributed by atoms with van der Waals surface area (Å²) in [5.41, 5.74) is 2.94. The van der Waals surface area contributed by atoms with Gasteiger partial charge in [0.05, 0.1) is 6.07 Å². The van der Waals surface area contributed by atoms with Crippen LogP contribution in [0.1, 0.15) is 26.2 Å². The Labute approximate surface area is 73.4 Å². The Bertz CT molecular complexity index is 291. The molecular formula is C11H13N. The number of nitrogens with zero attached hydrogens (tertiary/aromatic N) is 1. The van der Waals surface area contributed by atoms with E-state index in [0.717, 1.165) is 12.3 Å². The van der Waals surface area contributed by atoms with Crippen LogP contribution in [0.25, 0.3) is 0 Å². The second-order valence-electron chi connectivity index (χ2n) is 3.72. The molecule has 0 aromatic rings. The first-order valence-corrected chi connectivity index (χ1v) is 4.63. The van der Waals surface area contributed by atoms with Crippen molar-refractivity contribution < 1.29 is 0 Å². The van der Waals surface area contributed by atoms with Crippen LogP contribution in [0.15, 0.2) is 23.3 Å². The molecule has 0 bridgehead atoms. The van der Waals surface area contributed by atoms with E-state index >= 15 is 0 Å². The van der Waals surface area contributed by atoms with Gasteiger partial charge < -0.3 is 0 Å². The van der Waals surface area contributed by atoms with Crippen molar-refractivity contribution >= 4 is 0 Å². The molecule has 2 rings (SSSR count). The van der Waals surface area contributed by atoms with Crippen molar-refractivity contribution in [3.05, 3.63) is 23.3 Å². The molecule has 1 fully saturated rings. The highest BCUT2D eigenvalue weighted by molar-refractivity contribution is 5.35. The molecule has 0 heterocycles. The van der Waals surface area contributed by atoms with Gasteiger partial charge in [0, 0.05) is 12.0 Å². The lowest BCUT2D eigenvalue weighted by Crippen LogP contribution is -2.23. The van der Waals surface area contributed by atoms with Crippen LogP contribution in [0.2, 0.25) is 0 Å². The number of hydrogen-bond acceptors (Lipinski definition) is 1. The average molecular weight is 159 g/mol. The minimum Gasteiger partial charge on any atom is -0.193 e. The summed E-state index contributed by atoms with van der Waals surface area (Å²) in [6, 6.07) is 2.12. The van der Waals surface area contributed by atoms with E-state index in [-0.39, 0.29) is 0 Å². The fraction of sp³-hybridized carbons (Fsp3) is 0.545. The molecular weight excluding hydrogens is 146 g/mol. The molecule has 2 aliphatic rings. The van der Waals surface area contributed by atoms with Crippen LogP contribution in [0.4, 0.5) is 0 Å². The largest absolute Gasteiger partial charge is 0.193 e. The molecule has 0 amide bonds. The van der Waals surface area contributed by atoms with Crippen LogP contribution < -0.4 is 0 Å². The third-order valence-electron chi connectivity index (χ3n) is 3.08. The maximum atomic E-state index is 8.50. The molecule has 0 aliphatic heterocycles. The Kier molecular flexibility index (Phi) is 1.77. The van der Waals surface area contributed by atoms with Crippen molar-refractivity contribution in [3.8, 4) is 6.07 Å². The van der Waals surface area contributed by atoms with Gasteiger partial charge in [0.1, 0.15) is 0 Å². The van der Waals surface area contributed by atoms with Crippen LogP contribution in [-0.2, 0) is 0 Å². The summed E-state index contributed by atoms with van der Waals surface area (Å²) in [6.45, 7) is 2.21.